The molecule has 2 aromatic rings. The number of hydrogen-bond donors (Lipinski definition) is 1. The summed E-state index contributed by atoms with van der Waals surface area (Å²) in [4.78, 5) is 16.7. The SMILES string of the molecule is C[C@@H](NC(=O)OC(C)(C)C)c1ccc2ccc(/C=C/C3CCOC3)cc2n1. The molecule has 1 aromatic heterocycles. The monoisotopic (exact) mass is 368 g/mol. The molecule has 1 N–H and O–H groups in total. The highest BCUT2D eigenvalue weighted by Gasteiger charge is 2.19. The first-order valence-corrected chi connectivity index (χ1v) is 9.46. The van der Waals surface area contributed by atoms with Crippen LogP contribution < -0.4 is 5.32 Å². The zero-order valence-electron chi connectivity index (χ0n) is 16.5. The molecular formula is C22H28N2O3. The molecular weight excluding hydrogens is 340 g/mol. The fourth-order valence-corrected chi connectivity index (χ4v) is 3.00. The first-order valence-electron chi connectivity index (χ1n) is 9.46. The fraction of sp³-hybridized carbons (Fsp3) is 0.455. The Morgan fingerprint density at radius 2 is 2.11 bits per heavy atom. The number of pyridine rings is 1. The summed E-state index contributed by atoms with van der Waals surface area (Å²) >= 11 is 0. The number of benzene rings is 1. The van der Waals surface area contributed by atoms with E-state index in [0.29, 0.717) is 5.92 Å². The molecule has 144 valence electrons. The summed E-state index contributed by atoms with van der Waals surface area (Å²) in [6, 6.07) is 9.98. The molecule has 1 saturated heterocycles. The van der Waals surface area contributed by atoms with Gasteiger partial charge < -0.3 is 14.8 Å². The van der Waals surface area contributed by atoms with Crippen molar-refractivity contribution in [3.05, 3.63) is 47.7 Å². The molecule has 5 nitrogen and oxygen atoms in total. The van der Waals surface area contributed by atoms with Crippen molar-refractivity contribution in [3.63, 3.8) is 0 Å². The van der Waals surface area contributed by atoms with Gasteiger partial charge in [0.15, 0.2) is 0 Å². The standard InChI is InChI=1S/C22H28N2O3/c1-15(23-21(25)27-22(2,3)4)19-10-9-18-8-7-16(13-20(18)24-19)5-6-17-11-12-26-14-17/h5-10,13,15,17H,11-12,14H2,1-4H3,(H,23,25)/b6-5+/t15-,17?/m1/s1. The lowest BCUT2D eigenvalue weighted by molar-refractivity contribution is 0.0507. The van der Waals surface area contributed by atoms with Gasteiger partial charge in [0.05, 0.1) is 23.9 Å². The molecule has 1 aliphatic rings. The first kappa shape index (κ1) is 19.4. The van der Waals surface area contributed by atoms with E-state index < -0.39 is 11.7 Å². The van der Waals surface area contributed by atoms with Crippen LogP contribution in [0.3, 0.4) is 0 Å². The highest BCUT2D eigenvalue weighted by atomic mass is 16.6. The highest BCUT2D eigenvalue weighted by Crippen LogP contribution is 2.21. The normalized spacial score (nSPS) is 18.7. The van der Waals surface area contributed by atoms with Crippen molar-refractivity contribution in [3.8, 4) is 0 Å². The van der Waals surface area contributed by atoms with E-state index in [0.717, 1.165) is 41.8 Å². The van der Waals surface area contributed by atoms with E-state index in [1.54, 1.807) is 0 Å². The fourth-order valence-electron chi connectivity index (χ4n) is 3.00. The second kappa shape index (κ2) is 8.09. The molecule has 0 radical (unpaired) electrons. The molecule has 2 atom stereocenters. The number of hydrogen-bond acceptors (Lipinski definition) is 4. The Balaban J connectivity index is 1.73. The second-order valence-corrected chi connectivity index (χ2v) is 8.04. The van der Waals surface area contributed by atoms with Crippen LogP contribution in [0, 0.1) is 5.92 Å². The summed E-state index contributed by atoms with van der Waals surface area (Å²) in [5.41, 5.74) is 2.31. The Morgan fingerprint density at radius 1 is 1.33 bits per heavy atom. The minimum Gasteiger partial charge on any atom is -0.444 e. The largest absolute Gasteiger partial charge is 0.444 e. The smallest absolute Gasteiger partial charge is 0.408 e. The number of carbonyl (C=O) groups is 1. The Morgan fingerprint density at radius 3 is 2.81 bits per heavy atom. The van der Waals surface area contributed by atoms with Crippen molar-refractivity contribution in [2.75, 3.05) is 13.2 Å². The summed E-state index contributed by atoms with van der Waals surface area (Å²) in [5, 5.41) is 3.92. The molecule has 0 saturated carbocycles. The maximum atomic E-state index is 12.0. The molecule has 0 aliphatic carbocycles. The van der Waals surface area contributed by atoms with Gasteiger partial charge in [-0.15, -0.1) is 0 Å². The van der Waals surface area contributed by atoms with Crippen molar-refractivity contribution in [2.24, 2.45) is 5.92 Å². The molecule has 3 rings (SSSR count). The van der Waals surface area contributed by atoms with Crippen LogP contribution in [0.4, 0.5) is 4.79 Å². The number of ether oxygens (including phenoxy) is 2. The molecule has 1 aromatic carbocycles. The van der Waals surface area contributed by atoms with Gasteiger partial charge in [0, 0.05) is 17.9 Å². The van der Waals surface area contributed by atoms with Gasteiger partial charge in [0.2, 0.25) is 0 Å². The van der Waals surface area contributed by atoms with Gasteiger partial charge in [-0.3, -0.25) is 4.98 Å². The Labute approximate surface area is 160 Å². The Kier molecular flexibility index (Phi) is 5.80. The van der Waals surface area contributed by atoms with E-state index in [-0.39, 0.29) is 6.04 Å². The quantitative estimate of drug-likeness (QED) is 0.836. The number of carbonyl (C=O) groups excluding carboxylic acids is 1. The van der Waals surface area contributed by atoms with Gasteiger partial charge in [-0.05, 0) is 51.8 Å². The minimum absolute atomic E-state index is 0.237. The third-order valence-corrected chi connectivity index (χ3v) is 4.44. The molecule has 0 spiro atoms. The number of fused-ring (bicyclic) bond motifs is 1. The van der Waals surface area contributed by atoms with E-state index >= 15 is 0 Å². The van der Waals surface area contributed by atoms with Gasteiger partial charge in [-0.2, -0.15) is 0 Å². The van der Waals surface area contributed by atoms with Gasteiger partial charge in [-0.1, -0.05) is 30.4 Å². The molecule has 1 fully saturated rings. The third kappa shape index (κ3) is 5.54. The number of aromatic nitrogens is 1. The lowest BCUT2D eigenvalue weighted by Crippen LogP contribution is -2.34. The molecule has 5 heteroatoms. The number of nitrogens with one attached hydrogen (secondary N) is 1. The number of amides is 1. The van der Waals surface area contributed by atoms with Crippen molar-refractivity contribution < 1.29 is 14.3 Å². The van der Waals surface area contributed by atoms with Crippen molar-refractivity contribution in [1.29, 1.82) is 0 Å². The topological polar surface area (TPSA) is 60.5 Å². The van der Waals surface area contributed by atoms with Crippen LogP contribution in [0.25, 0.3) is 17.0 Å². The van der Waals surface area contributed by atoms with E-state index in [4.69, 9.17) is 14.5 Å². The summed E-state index contributed by atoms with van der Waals surface area (Å²) < 4.78 is 10.7. The molecule has 1 aliphatic heterocycles. The third-order valence-electron chi connectivity index (χ3n) is 4.44. The Hall–Kier alpha value is -2.40. The molecule has 27 heavy (non-hydrogen) atoms. The number of alkyl carbamates (subject to hydrolysis) is 1. The summed E-state index contributed by atoms with van der Waals surface area (Å²) in [6.07, 6.45) is 4.99. The summed E-state index contributed by atoms with van der Waals surface area (Å²) in [5.74, 6) is 0.498. The highest BCUT2D eigenvalue weighted by molar-refractivity contribution is 5.81. The Bertz CT molecular complexity index is 833. The lowest BCUT2D eigenvalue weighted by atomic mass is 10.1. The van der Waals surface area contributed by atoms with E-state index in [2.05, 4.69) is 35.7 Å². The molecule has 2 heterocycles. The summed E-state index contributed by atoms with van der Waals surface area (Å²) in [7, 11) is 0. The van der Waals surface area contributed by atoms with Crippen LogP contribution >= 0.6 is 0 Å². The zero-order valence-corrected chi connectivity index (χ0v) is 16.5. The predicted octanol–water partition coefficient (Wildman–Crippen LogP) is 4.87. The van der Waals surface area contributed by atoms with Crippen LogP contribution in [-0.4, -0.2) is 29.9 Å². The lowest BCUT2D eigenvalue weighted by Gasteiger charge is -2.21. The van der Waals surface area contributed by atoms with Crippen molar-refractivity contribution in [2.45, 2.75) is 45.8 Å². The second-order valence-electron chi connectivity index (χ2n) is 8.04. The van der Waals surface area contributed by atoms with Crippen LogP contribution in [0.1, 0.15) is 51.4 Å². The zero-order chi connectivity index (χ0) is 19.4. The van der Waals surface area contributed by atoms with Crippen LogP contribution in [-0.2, 0) is 9.47 Å². The average Bonchev–Trinajstić information content (AvgIpc) is 3.11. The van der Waals surface area contributed by atoms with Crippen LogP contribution in [0.15, 0.2) is 36.4 Å². The van der Waals surface area contributed by atoms with Crippen molar-refractivity contribution in [1.82, 2.24) is 10.3 Å². The average molecular weight is 368 g/mol. The molecule has 1 unspecified atom stereocenters. The maximum absolute atomic E-state index is 12.0. The van der Waals surface area contributed by atoms with Crippen LogP contribution in [0.5, 0.6) is 0 Å². The van der Waals surface area contributed by atoms with Gasteiger partial charge in [0.25, 0.3) is 0 Å². The molecule has 0 bridgehead atoms. The van der Waals surface area contributed by atoms with E-state index in [1.807, 2.05) is 39.8 Å². The van der Waals surface area contributed by atoms with Crippen LogP contribution in [0.2, 0.25) is 0 Å². The minimum atomic E-state index is -0.522. The van der Waals surface area contributed by atoms with Gasteiger partial charge in [-0.25, -0.2) is 4.79 Å². The van der Waals surface area contributed by atoms with Gasteiger partial charge in [0.1, 0.15) is 5.60 Å². The molecule has 1 amide bonds. The van der Waals surface area contributed by atoms with E-state index in [1.165, 1.54) is 0 Å². The van der Waals surface area contributed by atoms with Gasteiger partial charge >= 0.3 is 6.09 Å². The predicted molar refractivity (Wildman–Crippen MR) is 107 cm³/mol. The maximum Gasteiger partial charge on any atom is 0.408 e. The van der Waals surface area contributed by atoms with Crippen molar-refractivity contribution >= 4 is 23.1 Å². The number of nitrogens with zero attached hydrogens (tertiary/aromatic N) is 1. The number of rotatable bonds is 4. The first-order chi connectivity index (χ1) is 12.8. The summed E-state index contributed by atoms with van der Waals surface area (Å²) in [6.45, 7) is 9.09. The van der Waals surface area contributed by atoms with E-state index in [9.17, 15) is 4.79 Å².